The first-order valence-corrected chi connectivity index (χ1v) is 15.5. The zero-order chi connectivity index (χ0) is 28.3. The summed E-state index contributed by atoms with van der Waals surface area (Å²) in [5.41, 5.74) is 11.5. The van der Waals surface area contributed by atoms with E-state index in [2.05, 4.69) is 38.2 Å². The third-order valence-electron chi connectivity index (χ3n) is 7.42. The lowest BCUT2D eigenvalue weighted by atomic mass is 10.0. The molecule has 0 saturated carbocycles. The predicted molar refractivity (Wildman–Crippen MR) is 161 cm³/mol. The van der Waals surface area contributed by atoms with Gasteiger partial charge in [0.2, 0.25) is 15.9 Å². The number of carbonyl (C=O) groups is 1. The molecule has 0 unspecified atom stereocenters. The number of rotatable bonds is 10. The summed E-state index contributed by atoms with van der Waals surface area (Å²) >= 11 is 5.22. The van der Waals surface area contributed by atoms with Gasteiger partial charge in [0.05, 0.1) is 24.2 Å². The average molecular weight is 579 g/mol. The van der Waals surface area contributed by atoms with E-state index in [0.717, 1.165) is 46.0 Å². The Morgan fingerprint density at radius 3 is 2.70 bits per heavy atom. The van der Waals surface area contributed by atoms with E-state index >= 15 is 0 Å². The van der Waals surface area contributed by atoms with Crippen LogP contribution < -0.4 is 11.1 Å². The average Bonchev–Trinajstić information content (AvgIpc) is 3.60. The van der Waals surface area contributed by atoms with E-state index in [-0.39, 0.29) is 24.1 Å². The summed E-state index contributed by atoms with van der Waals surface area (Å²) in [5.74, 6) is 0.0848. The lowest BCUT2D eigenvalue weighted by molar-refractivity contribution is -0.120. The van der Waals surface area contributed by atoms with Gasteiger partial charge in [-0.3, -0.25) is 4.79 Å². The van der Waals surface area contributed by atoms with Gasteiger partial charge in [0.15, 0.2) is 0 Å². The normalized spacial score (nSPS) is 14.9. The number of nitrogens with one attached hydrogen (secondary N) is 2. The number of imidazole rings is 1. The highest BCUT2D eigenvalue weighted by atomic mass is 32.2. The largest absolute Gasteiger partial charge is 0.389 e. The number of piperidine rings is 1. The predicted octanol–water partition coefficient (Wildman–Crippen LogP) is 3.90. The molecule has 2 aromatic carbocycles. The molecular formula is C29H34N6O3S2. The third kappa shape index (κ3) is 6.11. The molecule has 0 bridgehead atoms. The number of aromatic nitrogens is 3. The van der Waals surface area contributed by atoms with Gasteiger partial charge in [0.25, 0.3) is 0 Å². The van der Waals surface area contributed by atoms with Gasteiger partial charge in [-0.15, -0.1) is 0 Å². The smallest absolute Gasteiger partial charge is 0.226 e. The SMILES string of the molecule is CCCS(=O)(=O)N1CCC(n2cc(-c3cccc(C(N)=S)c3)c3ccc(CNC(=O)Cc4c[nH]cn4)cc32)CC1. The topological polar surface area (TPSA) is 126 Å². The fourth-order valence-electron chi connectivity index (χ4n) is 5.38. The van der Waals surface area contributed by atoms with Gasteiger partial charge >= 0.3 is 0 Å². The van der Waals surface area contributed by atoms with Gasteiger partial charge in [0.1, 0.15) is 4.99 Å². The van der Waals surface area contributed by atoms with Gasteiger partial charge in [-0.25, -0.2) is 17.7 Å². The lowest BCUT2D eigenvalue weighted by Crippen LogP contribution is -2.40. The summed E-state index contributed by atoms with van der Waals surface area (Å²) < 4.78 is 29.2. The van der Waals surface area contributed by atoms with Crippen molar-refractivity contribution in [3.8, 4) is 11.1 Å². The quantitative estimate of drug-likeness (QED) is 0.245. The standard InChI is InChI=1S/C29H34N6O3S2/c1-2-12-40(37,38)34-10-8-24(9-11-34)35-18-26(21-4-3-5-22(14-21)29(30)39)25-7-6-20(13-27(25)35)16-32-28(36)15-23-17-31-19-33-23/h3-7,13-14,17-19,24H,2,8-12,15-16H2,1H3,(H2,30,39)(H,31,33)(H,32,36). The number of benzene rings is 2. The molecule has 0 atom stereocenters. The number of thiocarbonyl (C=S) groups is 1. The number of aromatic amines is 1. The summed E-state index contributed by atoms with van der Waals surface area (Å²) in [7, 11) is -3.22. The van der Waals surface area contributed by atoms with Crippen molar-refractivity contribution in [1.82, 2.24) is 24.2 Å². The second kappa shape index (κ2) is 11.9. The zero-order valence-electron chi connectivity index (χ0n) is 22.5. The minimum atomic E-state index is -3.22. The Bertz CT molecular complexity index is 1620. The molecule has 3 heterocycles. The fourth-order valence-corrected chi connectivity index (χ4v) is 7.05. The monoisotopic (exact) mass is 578 g/mol. The van der Waals surface area contributed by atoms with Crippen LogP contribution in [0.2, 0.25) is 0 Å². The second-order valence-electron chi connectivity index (χ2n) is 10.2. The van der Waals surface area contributed by atoms with E-state index in [0.29, 0.717) is 36.7 Å². The maximum Gasteiger partial charge on any atom is 0.226 e. The number of H-pyrrole nitrogens is 1. The summed E-state index contributed by atoms with van der Waals surface area (Å²) in [5, 5.41) is 4.07. The Balaban J connectivity index is 1.45. The van der Waals surface area contributed by atoms with Crippen molar-refractivity contribution < 1.29 is 13.2 Å². The number of hydrogen-bond acceptors (Lipinski definition) is 5. The van der Waals surface area contributed by atoms with Gasteiger partial charge in [-0.05, 0) is 42.5 Å². The minimum absolute atomic E-state index is 0.0986. The Hall–Kier alpha value is -3.54. The highest BCUT2D eigenvalue weighted by molar-refractivity contribution is 7.89. The molecule has 5 rings (SSSR count). The van der Waals surface area contributed by atoms with Crippen LogP contribution in [0.25, 0.3) is 22.0 Å². The molecule has 9 nitrogen and oxygen atoms in total. The van der Waals surface area contributed by atoms with Crippen LogP contribution in [0.15, 0.2) is 61.2 Å². The Morgan fingerprint density at radius 2 is 2.00 bits per heavy atom. The Kier molecular flexibility index (Phi) is 8.34. The van der Waals surface area contributed by atoms with E-state index in [9.17, 15) is 13.2 Å². The van der Waals surface area contributed by atoms with Crippen LogP contribution in [0.5, 0.6) is 0 Å². The van der Waals surface area contributed by atoms with Crippen LogP contribution in [0.1, 0.15) is 49.0 Å². The number of amides is 1. The van der Waals surface area contributed by atoms with E-state index in [1.54, 1.807) is 16.8 Å². The van der Waals surface area contributed by atoms with E-state index < -0.39 is 10.0 Å². The number of hydrogen-bond donors (Lipinski definition) is 3. The molecule has 210 valence electrons. The molecular weight excluding hydrogens is 544 g/mol. The van der Waals surface area contributed by atoms with Crippen molar-refractivity contribution >= 4 is 44.0 Å². The number of nitrogens with two attached hydrogens (primary N) is 1. The second-order valence-corrected chi connectivity index (χ2v) is 12.7. The first kappa shape index (κ1) is 28.0. The van der Waals surface area contributed by atoms with E-state index in [4.69, 9.17) is 18.0 Å². The molecule has 2 aromatic heterocycles. The van der Waals surface area contributed by atoms with Crippen molar-refractivity contribution in [2.24, 2.45) is 5.73 Å². The summed E-state index contributed by atoms with van der Waals surface area (Å²) in [4.78, 5) is 19.8. The van der Waals surface area contributed by atoms with Crippen LogP contribution in [0, 0.1) is 0 Å². The van der Waals surface area contributed by atoms with Gasteiger partial charge in [-0.2, -0.15) is 0 Å². The summed E-state index contributed by atoms with van der Waals surface area (Å²) in [6, 6.07) is 14.3. The van der Waals surface area contributed by atoms with E-state index in [1.807, 2.05) is 37.3 Å². The summed E-state index contributed by atoms with van der Waals surface area (Å²) in [6.07, 6.45) is 7.71. The molecule has 4 aromatic rings. The lowest BCUT2D eigenvalue weighted by Gasteiger charge is -2.32. The van der Waals surface area contributed by atoms with Crippen molar-refractivity contribution in [2.75, 3.05) is 18.8 Å². The minimum Gasteiger partial charge on any atom is -0.389 e. The first-order chi connectivity index (χ1) is 19.2. The van der Waals surface area contributed by atoms with Crippen LogP contribution in [-0.2, 0) is 27.8 Å². The Labute approximate surface area is 239 Å². The van der Waals surface area contributed by atoms with Crippen LogP contribution >= 0.6 is 12.2 Å². The maximum atomic E-state index is 12.6. The van der Waals surface area contributed by atoms with Gasteiger partial charge in [0, 0.05) is 60.1 Å². The number of carbonyl (C=O) groups excluding carboxylic acids is 1. The van der Waals surface area contributed by atoms with Crippen LogP contribution in [-0.4, -0.2) is 57.0 Å². The number of fused-ring (bicyclic) bond motifs is 1. The van der Waals surface area contributed by atoms with Crippen molar-refractivity contribution in [3.05, 3.63) is 78.0 Å². The molecule has 1 saturated heterocycles. The van der Waals surface area contributed by atoms with Gasteiger partial charge in [-0.1, -0.05) is 49.5 Å². The highest BCUT2D eigenvalue weighted by Crippen LogP contribution is 2.36. The van der Waals surface area contributed by atoms with Crippen LogP contribution in [0.4, 0.5) is 0 Å². The van der Waals surface area contributed by atoms with Crippen molar-refractivity contribution in [1.29, 1.82) is 0 Å². The molecule has 0 spiro atoms. The number of sulfonamides is 1. The molecule has 11 heteroatoms. The van der Waals surface area contributed by atoms with Crippen molar-refractivity contribution in [2.45, 2.75) is 45.2 Å². The molecule has 0 aliphatic carbocycles. The molecule has 1 aliphatic heterocycles. The first-order valence-electron chi connectivity index (χ1n) is 13.5. The summed E-state index contributed by atoms with van der Waals surface area (Å²) in [6.45, 7) is 3.29. The third-order valence-corrected chi connectivity index (χ3v) is 9.73. The zero-order valence-corrected chi connectivity index (χ0v) is 24.1. The van der Waals surface area contributed by atoms with E-state index in [1.165, 1.54) is 0 Å². The number of nitrogens with zero attached hydrogens (tertiary/aromatic N) is 3. The van der Waals surface area contributed by atoms with Gasteiger partial charge < -0.3 is 20.6 Å². The molecule has 40 heavy (non-hydrogen) atoms. The fraction of sp³-hybridized carbons (Fsp3) is 0.345. The maximum absolute atomic E-state index is 12.6. The Morgan fingerprint density at radius 1 is 1.20 bits per heavy atom. The van der Waals surface area contributed by atoms with Crippen LogP contribution in [0.3, 0.4) is 0 Å². The molecule has 1 aliphatic rings. The molecule has 0 radical (unpaired) electrons. The molecule has 1 fully saturated rings. The molecule has 1 amide bonds. The van der Waals surface area contributed by atoms with Crippen molar-refractivity contribution in [3.63, 3.8) is 0 Å². The molecule has 4 N–H and O–H groups in total. The highest BCUT2D eigenvalue weighted by Gasteiger charge is 2.29.